The van der Waals surface area contributed by atoms with Gasteiger partial charge in [0.05, 0.1) is 16.9 Å². The molecule has 0 amide bonds. The van der Waals surface area contributed by atoms with E-state index in [9.17, 15) is 8.42 Å². The molecule has 0 fully saturated rings. The van der Waals surface area contributed by atoms with Crippen LogP contribution in [0.5, 0.6) is 0 Å². The Morgan fingerprint density at radius 3 is 2.32 bits per heavy atom. The highest BCUT2D eigenvalue weighted by atomic mass is 32.3. The summed E-state index contributed by atoms with van der Waals surface area (Å²) in [4.78, 5) is 0.956. The minimum absolute atomic E-state index is 0.160. The first kappa shape index (κ1) is 14.1. The molecule has 100 valence electrons. The number of hydrogen-bond donors (Lipinski definition) is 0. The highest BCUT2D eigenvalue weighted by molar-refractivity contribution is 8.04. The molecule has 0 aliphatic carbocycles. The fraction of sp³-hybridized carbons (Fsp3) is 0.143. The van der Waals surface area contributed by atoms with Crippen molar-refractivity contribution in [1.82, 2.24) is 0 Å². The zero-order valence-electron chi connectivity index (χ0n) is 10.7. The Bertz CT molecular complexity index is 664. The zero-order chi connectivity index (χ0) is 13.9. The average molecular weight is 294 g/mol. The summed E-state index contributed by atoms with van der Waals surface area (Å²) in [7, 11) is -3.72. The third-order valence-electron chi connectivity index (χ3n) is 2.58. The normalized spacial score (nSPS) is 11.5. The van der Waals surface area contributed by atoms with Crippen LogP contribution < -0.4 is 0 Å². The van der Waals surface area contributed by atoms with Crippen LogP contribution >= 0.6 is 12.0 Å². The predicted molar refractivity (Wildman–Crippen MR) is 76.5 cm³/mol. The van der Waals surface area contributed by atoms with Crippen LogP contribution in [-0.2, 0) is 13.7 Å². The van der Waals surface area contributed by atoms with Gasteiger partial charge < -0.3 is 0 Å². The van der Waals surface area contributed by atoms with Crippen LogP contribution in [0.3, 0.4) is 0 Å². The first-order valence-corrected chi connectivity index (χ1v) is 7.87. The molecule has 2 rings (SSSR count). The summed E-state index contributed by atoms with van der Waals surface area (Å²) in [5.74, 6) is 0. The van der Waals surface area contributed by atoms with Crippen molar-refractivity contribution in [2.75, 3.05) is 0 Å². The smallest absolute Gasteiger partial charge is 0.193 e. The van der Waals surface area contributed by atoms with Gasteiger partial charge in [-0.25, -0.2) is 0 Å². The maximum Gasteiger partial charge on any atom is 0.308 e. The predicted octanol–water partition coefficient (Wildman–Crippen LogP) is 3.72. The lowest BCUT2D eigenvalue weighted by atomic mass is 10.2. The van der Waals surface area contributed by atoms with E-state index in [0.29, 0.717) is 0 Å². The summed E-state index contributed by atoms with van der Waals surface area (Å²) in [5.41, 5.74) is 2.13. The van der Waals surface area contributed by atoms with Gasteiger partial charge in [0.25, 0.3) is 0 Å². The van der Waals surface area contributed by atoms with Gasteiger partial charge >= 0.3 is 10.1 Å². The molecule has 0 saturated carbocycles. The van der Waals surface area contributed by atoms with Gasteiger partial charge in [-0.05, 0) is 37.6 Å². The van der Waals surface area contributed by atoms with E-state index in [1.807, 2.05) is 32.0 Å². The van der Waals surface area contributed by atoms with Crippen molar-refractivity contribution in [2.45, 2.75) is 23.6 Å². The molecule has 0 spiro atoms. The van der Waals surface area contributed by atoms with Gasteiger partial charge in [-0.3, -0.25) is 0 Å². The highest BCUT2D eigenvalue weighted by Crippen LogP contribution is 2.28. The molecule has 19 heavy (non-hydrogen) atoms. The SMILES string of the molecule is Cc1ccc(SOS(=O)(=O)c2ccccc2)c(C)c1. The lowest BCUT2D eigenvalue weighted by Crippen LogP contribution is -2.01. The molecule has 5 heteroatoms. The summed E-state index contributed by atoms with van der Waals surface area (Å²) < 4.78 is 28.9. The monoisotopic (exact) mass is 294 g/mol. The van der Waals surface area contributed by atoms with Gasteiger partial charge in [0.15, 0.2) is 0 Å². The molecule has 0 atom stereocenters. The van der Waals surface area contributed by atoms with Gasteiger partial charge in [-0.2, -0.15) is 12.0 Å². The lowest BCUT2D eigenvalue weighted by Gasteiger charge is -2.07. The van der Waals surface area contributed by atoms with Crippen molar-refractivity contribution in [3.05, 3.63) is 59.7 Å². The maximum atomic E-state index is 11.9. The van der Waals surface area contributed by atoms with E-state index in [1.165, 1.54) is 12.1 Å². The zero-order valence-corrected chi connectivity index (χ0v) is 12.3. The first-order chi connectivity index (χ1) is 8.99. The Hall–Kier alpha value is -1.30. The van der Waals surface area contributed by atoms with Crippen molar-refractivity contribution in [3.63, 3.8) is 0 Å². The Balaban J connectivity index is 2.14. The van der Waals surface area contributed by atoms with E-state index >= 15 is 0 Å². The van der Waals surface area contributed by atoms with E-state index < -0.39 is 10.1 Å². The number of aryl methyl sites for hydroxylation is 2. The molecule has 0 N–H and O–H groups in total. The van der Waals surface area contributed by atoms with Gasteiger partial charge in [0.1, 0.15) is 0 Å². The van der Waals surface area contributed by atoms with Crippen LogP contribution in [0.1, 0.15) is 11.1 Å². The van der Waals surface area contributed by atoms with E-state index in [4.69, 9.17) is 3.63 Å². The third kappa shape index (κ3) is 3.59. The quantitative estimate of drug-likeness (QED) is 0.806. The topological polar surface area (TPSA) is 43.4 Å². The molecule has 0 aliphatic heterocycles. The molecular weight excluding hydrogens is 280 g/mol. The van der Waals surface area contributed by atoms with Gasteiger partial charge in [-0.1, -0.05) is 35.9 Å². The molecule has 0 unspecified atom stereocenters. The summed E-state index contributed by atoms with van der Waals surface area (Å²) in [6, 6.07) is 13.9. The second-order valence-corrected chi connectivity index (χ2v) is 6.72. The van der Waals surface area contributed by atoms with E-state index in [0.717, 1.165) is 28.1 Å². The third-order valence-corrected chi connectivity index (χ3v) is 5.05. The molecular formula is C14H14O3S2. The van der Waals surface area contributed by atoms with Crippen molar-refractivity contribution >= 4 is 22.2 Å². The van der Waals surface area contributed by atoms with Crippen LogP contribution in [-0.4, -0.2) is 8.42 Å². The van der Waals surface area contributed by atoms with Crippen molar-refractivity contribution < 1.29 is 12.0 Å². The summed E-state index contributed by atoms with van der Waals surface area (Å²) in [5, 5.41) is 0. The molecule has 0 saturated heterocycles. The van der Waals surface area contributed by atoms with E-state index in [-0.39, 0.29) is 4.90 Å². The van der Waals surface area contributed by atoms with Crippen molar-refractivity contribution in [1.29, 1.82) is 0 Å². The standard InChI is InChI=1S/C14H14O3S2/c1-11-8-9-14(12(2)10-11)18-17-19(15,16)13-6-4-3-5-7-13/h3-10H,1-2H3. The van der Waals surface area contributed by atoms with Gasteiger partial charge in [0, 0.05) is 4.90 Å². The van der Waals surface area contributed by atoms with Crippen LogP contribution in [0, 0.1) is 13.8 Å². The number of hydrogen-bond acceptors (Lipinski definition) is 4. The van der Waals surface area contributed by atoms with Crippen LogP contribution in [0.4, 0.5) is 0 Å². The van der Waals surface area contributed by atoms with Crippen LogP contribution in [0.25, 0.3) is 0 Å². The average Bonchev–Trinajstić information content (AvgIpc) is 2.39. The minimum Gasteiger partial charge on any atom is -0.193 e. The van der Waals surface area contributed by atoms with Crippen molar-refractivity contribution in [3.8, 4) is 0 Å². The highest BCUT2D eigenvalue weighted by Gasteiger charge is 2.16. The second-order valence-electron chi connectivity index (χ2n) is 4.19. The molecule has 0 bridgehead atoms. The van der Waals surface area contributed by atoms with E-state index in [1.54, 1.807) is 18.2 Å². The van der Waals surface area contributed by atoms with Crippen molar-refractivity contribution in [2.24, 2.45) is 0 Å². The van der Waals surface area contributed by atoms with Crippen LogP contribution in [0.15, 0.2) is 58.3 Å². The fourth-order valence-corrected chi connectivity index (χ4v) is 3.37. The largest absolute Gasteiger partial charge is 0.308 e. The molecule has 0 aromatic heterocycles. The molecule has 2 aromatic carbocycles. The number of benzene rings is 2. The molecule has 3 nitrogen and oxygen atoms in total. The van der Waals surface area contributed by atoms with Gasteiger partial charge in [-0.15, -0.1) is 0 Å². The summed E-state index contributed by atoms with van der Waals surface area (Å²) in [6.07, 6.45) is 0. The summed E-state index contributed by atoms with van der Waals surface area (Å²) in [6.45, 7) is 3.91. The van der Waals surface area contributed by atoms with Crippen LogP contribution in [0.2, 0.25) is 0 Å². The number of rotatable bonds is 4. The maximum absolute atomic E-state index is 11.9. The Morgan fingerprint density at radius 2 is 1.68 bits per heavy atom. The minimum atomic E-state index is -3.72. The Kier molecular flexibility index (Phi) is 4.29. The van der Waals surface area contributed by atoms with E-state index in [2.05, 4.69) is 0 Å². The molecule has 2 aromatic rings. The lowest BCUT2D eigenvalue weighted by molar-refractivity contribution is 0.518. The molecule has 0 heterocycles. The first-order valence-electron chi connectivity index (χ1n) is 5.72. The molecule has 0 radical (unpaired) electrons. The molecule has 0 aliphatic rings. The summed E-state index contributed by atoms with van der Waals surface area (Å²) >= 11 is 0.870. The Labute approximate surface area is 117 Å². The Morgan fingerprint density at radius 1 is 1.00 bits per heavy atom. The fourth-order valence-electron chi connectivity index (χ4n) is 1.60. The second kappa shape index (κ2) is 5.77. The van der Waals surface area contributed by atoms with Gasteiger partial charge in [0.2, 0.25) is 0 Å².